The van der Waals surface area contributed by atoms with Gasteiger partial charge in [-0.05, 0) is 30.2 Å². The molecule has 0 saturated heterocycles. The molecule has 2 aromatic rings. The van der Waals surface area contributed by atoms with Gasteiger partial charge in [0.1, 0.15) is 0 Å². The Morgan fingerprint density at radius 1 is 0.944 bits per heavy atom. The molecule has 1 heterocycles. The van der Waals surface area contributed by atoms with Gasteiger partial charge in [-0.2, -0.15) is 0 Å². The standard InChI is InChI=1S/C14H13N.C2H6O/c1-15-13-8-4-2-6-11(13)10-12-7-3-5-9-14(12)15;1-2-3/h2-9H,10H2,1H3;3H,2H2,1H3. The molecule has 0 aliphatic carbocycles. The molecule has 0 bridgehead atoms. The third-order valence-corrected chi connectivity index (χ3v) is 3.09. The summed E-state index contributed by atoms with van der Waals surface area (Å²) >= 11 is 0. The molecule has 1 aliphatic rings. The van der Waals surface area contributed by atoms with Crippen molar-refractivity contribution in [3.05, 3.63) is 59.7 Å². The smallest absolute Gasteiger partial charge is 0.0444 e. The van der Waals surface area contributed by atoms with Gasteiger partial charge in [-0.1, -0.05) is 36.4 Å². The Labute approximate surface area is 109 Å². The van der Waals surface area contributed by atoms with E-state index in [2.05, 4.69) is 60.5 Å². The predicted octanol–water partition coefficient (Wildman–Crippen LogP) is 3.36. The number of aliphatic hydroxyl groups excluding tert-OH is 1. The van der Waals surface area contributed by atoms with Gasteiger partial charge >= 0.3 is 0 Å². The average molecular weight is 241 g/mol. The van der Waals surface area contributed by atoms with E-state index >= 15 is 0 Å². The van der Waals surface area contributed by atoms with Crippen molar-refractivity contribution in [2.24, 2.45) is 0 Å². The number of fused-ring (bicyclic) bond motifs is 2. The number of rotatable bonds is 0. The third-order valence-electron chi connectivity index (χ3n) is 3.09. The Morgan fingerprint density at radius 3 is 1.78 bits per heavy atom. The van der Waals surface area contributed by atoms with Crippen LogP contribution < -0.4 is 4.90 Å². The zero-order chi connectivity index (χ0) is 13.0. The lowest BCUT2D eigenvalue weighted by atomic mass is 9.96. The highest BCUT2D eigenvalue weighted by molar-refractivity contribution is 5.73. The van der Waals surface area contributed by atoms with Gasteiger partial charge in [-0.15, -0.1) is 0 Å². The van der Waals surface area contributed by atoms with Gasteiger partial charge in [0.05, 0.1) is 0 Å². The van der Waals surface area contributed by atoms with Crippen LogP contribution in [0.4, 0.5) is 11.4 Å². The largest absolute Gasteiger partial charge is 0.397 e. The summed E-state index contributed by atoms with van der Waals surface area (Å²) in [7, 11) is 2.14. The van der Waals surface area contributed by atoms with Gasteiger partial charge in [0.15, 0.2) is 0 Å². The zero-order valence-corrected chi connectivity index (χ0v) is 10.9. The highest BCUT2D eigenvalue weighted by atomic mass is 16.2. The minimum Gasteiger partial charge on any atom is -0.397 e. The van der Waals surface area contributed by atoms with E-state index in [9.17, 15) is 0 Å². The van der Waals surface area contributed by atoms with Gasteiger partial charge in [0.2, 0.25) is 0 Å². The summed E-state index contributed by atoms with van der Waals surface area (Å²) in [6, 6.07) is 17.2. The second-order valence-corrected chi connectivity index (χ2v) is 4.31. The van der Waals surface area contributed by atoms with Gasteiger partial charge in [-0.25, -0.2) is 0 Å². The molecule has 0 fully saturated rings. The van der Waals surface area contributed by atoms with Crippen LogP contribution in [0.1, 0.15) is 18.1 Å². The van der Waals surface area contributed by atoms with E-state index in [0.29, 0.717) is 0 Å². The molecule has 2 aromatic carbocycles. The minimum absolute atomic E-state index is 0.250. The first-order valence-electron chi connectivity index (χ1n) is 6.28. The van der Waals surface area contributed by atoms with E-state index in [1.165, 1.54) is 22.5 Å². The van der Waals surface area contributed by atoms with E-state index in [1.807, 2.05) is 0 Å². The molecule has 2 heteroatoms. The lowest BCUT2D eigenvalue weighted by Gasteiger charge is -2.29. The maximum Gasteiger partial charge on any atom is 0.0444 e. The summed E-state index contributed by atoms with van der Waals surface area (Å²) in [4.78, 5) is 2.27. The summed E-state index contributed by atoms with van der Waals surface area (Å²) in [6.45, 7) is 1.93. The molecule has 1 aliphatic heterocycles. The fourth-order valence-corrected chi connectivity index (χ4v) is 2.31. The van der Waals surface area contributed by atoms with Crippen molar-refractivity contribution < 1.29 is 5.11 Å². The minimum atomic E-state index is 0.250. The van der Waals surface area contributed by atoms with Crippen LogP contribution in [-0.2, 0) is 6.42 Å². The molecule has 0 saturated carbocycles. The highest BCUT2D eigenvalue weighted by Crippen LogP contribution is 2.36. The van der Waals surface area contributed by atoms with Gasteiger partial charge in [-0.3, -0.25) is 0 Å². The van der Waals surface area contributed by atoms with Crippen LogP contribution in [0.15, 0.2) is 48.5 Å². The first-order chi connectivity index (χ1) is 8.77. The van der Waals surface area contributed by atoms with Gasteiger partial charge in [0, 0.05) is 31.5 Å². The number of aliphatic hydroxyl groups is 1. The molecule has 2 nitrogen and oxygen atoms in total. The number of nitrogens with zero attached hydrogens (tertiary/aromatic N) is 1. The number of hydrogen-bond acceptors (Lipinski definition) is 2. The van der Waals surface area contributed by atoms with Crippen molar-refractivity contribution in [1.82, 2.24) is 0 Å². The summed E-state index contributed by atoms with van der Waals surface area (Å²) in [5.41, 5.74) is 5.49. The Balaban J connectivity index is 0.000000367. The molecule has 0 unspecified atom stereocenters. The Hall–Kier alpha value is -1.80. The second kappa shape index (κ2) is 5.69. The van der Waals surface area contributed by atoms with Gasteiger partial charge < -0.3 is 10.0 Å². The average Bonchev–Trinajstić information content (AvgIpc) is 2.40. The number of hydrogen-bond donors (Lipinski definition) is 1. The summed E-state index contributed by atoms with van der Waals surface area (Å²) in [5.74, 6) is 0. The van der Waals surface area contributed by atoms with Crippen LogP contribution in [0.3, 0.4) is 0 Å². The van der Waals surface area contributed by atoms with E-state index in [4.69, 9.17) is 5.11 Å². The molecule has 0 atom stereocenters. The number of anilines is 2. The molecule has 0 aromatic heterocycles. The molecule has 0 spiro atoms. The first-order valence-corrected chi connectivity index (χ1v) is 6.28. The molecule has 0 radical (unpaired) electrons. The lowest BCUT2D eigenvalue weighted by Crippen LogP contribution is -2.18. The summed E-state index contributed by atoms with van der Waals surface area (Å²) in [5, 5.41) is 7.57. The first kappa shape index (κ1) is 12.7. The Kier molecular flexibility index (Phi) is 4.00. The maximum atomic E-state index is 7.57. The molecule has 18 heavy (non-hydrogen) atoms. The predicted molar refractivity (Wildman–Crippen MR) is 76.5 cm³/mol. The van der Waals surface area contributed by atoms with Crippen LogP contribution in [-0.4, -0.2) is 18.8 Å². The number of benzene rings is 2. The van der Waals surface area contributed by atoms with Crippen LogP contribution in [0, 0.1) is 0 Å². The summed E-state index contributed by atoms with van der Waals surface area (Å²) in [6.07, 6.45) is 1.05. The van der Waals surface area contributed by atoms with E-state index < -0.39 is 0 Å². The van der Waals surface area contributed by atoms with E-state index in [1.54, 1.807) is 6.92 Å². The summed E-state index contributed by atoms with van der Waals surface area (Å²) < 4.78 is 0. The van der Waals surface area contributed by atoms with Crippen molar-refractivity contribution in [2.75, 3.05) is 18.6 Å². The second-order valence-electron chi connectivity index (χ2n) is 4.31. The quantitative estimate of drug-likeness (QED) is 0.764. The Morgan fingerprint density at radius 2 is 1.33 bits per heavy atom. The number of para-hydroxylation sites is 2. The van der Waals surface area contributed by atoms with Crippen molar-refractivity contribution >= 4 is 11.4 Å². The SMILES string of the molecule is CCO.CN1c2ccccc2Cc2ccccc21. The third kappa shape index (κ3) is 2.39. The van der Waals surface area contributed by atoms with Crippen molar-refractivity contribution in [1.29, 1.82) is 0 Å². The van der Waals surface area contributed by atoms with Crippen molar-refractivity contribution in [3.8, 4) is 0 Å². The van der Waals surface area contributed by atoms with Crippen molar-refractivity contribution in [3.63, 3.8) is 0 Å². The van der Waals surface area contributed by atoms with E-state index in [-0.39, 0.29) is 6.61 Å². The molecular formula is C16H19NO. The molecule has 3 rings (SSSR count). The zero-order valence-electron chi connectivity index (χ0n) is 10.9. The molecular weight excluding hydrogens is 222 g/mol. The van der Waals surface area contributed by atoms with Crippen LogP contribution in [0.5, 0.6) is 0 Å². The van der Waals surface area contributed by atoms with E-state index in [0.717, 1.165) is 6.42 Å². The van der Waals surface area contributed by atoms with Crippen LogP contribution in [0.25, 0.3) is 0 Å². The molecule has 1 N–H and O–H groups in total. The Bertz CT molecular complexity index is 477. The van der Waals surface area contributed by atoms with Crippen molar-refractivity contribution in [2.45, 2.75) is 13.3 Å². The fourth-order valence-electron chi connectivity index (χ4n) is 2.31. The monoisotopic (exact) mass is 241 g/mol. The topological polar surface area (TPSA) is 23.5 Å². The lowest BCUT2D eigenvalue weighted by molar-refractivity contribution is 0.318. The fraction of sp³-hybridized carbons (Fsp3) is 0.250. The molecule has 94 valence electrons. The highest BCUT2D eigenvalue weighted by Gasteiger charge is 2.17. The van der Waals surface area contributed by atoms with Crippen LogP contribution >= 0.6 is 0 Å². The van der Waals surface area contributed by atoms with Crippen LogP contribution in [0.2, 0.25) is 0 Å². The van der Waals surface area contributed by atoms with Gasteiger partial charge in [0.25, 0.3) is 0 Å². The molecule has 0 amide bonds. The maximum absolute atomic E-state index is 7.57. The normalized spacial score (nSPS) is 12.1.